The molecule has 2 heterocycles. The smallest absolute Gasteiger partial charge is 0.250 e. The first-order valence-corrected chi connectivity index (χ1v) is 9.16. The Hall–Kier alpha value is -1.14. The van der Waals surface area contributed by atoms with Crippen LogP contribution in [0.15, 0.2) is 24.3 Å². The van der Waals surface area contributed by atoms with E-state index in [4.69, 9.17) is 16.3 Å². The van der Waals surface area contributed by atoms with Crippen LogP contribution in [0.3, 0.4) is 0 Å². The van der Waals surface area contributed by atoms with Crippen LogP contribution < -0.4 is 10.6 Å². The van der Waals surface area contributed by atoms with Gasteiger partial charge in [0, 0.05) is 31.2 Å². The molecule has 2 N–H and O–H groups in total. The van der Waals surface area contributed by atoms with Crippen molar-refractivity contribution in [1.29, 1.82) is 0 Å². The van der Waals surface area contributed by atoms with Crippen molar-refractivity contribution in [3.63, 3.8) is 0 Å². The van der Waals surface area contributed by atoms with Gasteiger partial charge in [-0.3, -0.25) is 9.69 Å². The Labute approximate surface area is 148 Å². The van der Waals surface area contributed by atoms with Gasteiger partial charge in [0.05, 0.1) is 6.61 Å². The molecule has 2 aliphatic heterocycles. The molecule has 0 spiro atoms. The van der Waals surface area contributed by atoms with E-state index >= 15 is 0 Å². The number of ether oxygens (including phenoxy) is 1. The number of carbonyl (C=O) groups is 1. The van der Waals surface area contributed by atoms with Crippen molar-refractivity contribution in [2.45, 2.75) is 25.5 Å². The summed E-state index contributed by atoms with van der Waals surface area (Å²) in [5, 5.41) is 7.08. The molecule has 1 aromatic carbocycles. The number of benzene rings is 1. The largest absolute Gasteiger partial charge is 0.366 e. The van der Waals surface area contributed by atoms with E-state index in [0.717, 1.165) is 50.6 Å². The molecule has 5 nitrogen and oxygen atoms in total. The highest BCUT2D eigenvalue weighted by molar-refractivity contribution is 6.31. The average molecular weight is 352 g/mol. The maximum absolute atomic E-state index is 12.1. The predicted octanol–water partition coefficient (Wildman–Crippen LogP) is 1.66. The normalized spacial score (nSPS) is 23.1. The summed E-state index contributed by atoms with van der Waals surface area (Å²) < 4.78 is 5.48. The van der Waals surface area contributed by atoms with Gasteiger partial charge >= 0.3 is 0 Å². The summed E-state index contributed by atoms with van der Waals surface area (Å²) in [4.78, 5) is 14.5. The molecule has 1 amide bonds. The van der Waals surface area contributed by atoms with E-state index in [1.165, 1.54) is 5.56 Å². The fourth-order valence-corrected chi connectivity index (χ4v) is 3.50. The van der Waals surface area contributed by atoms with Crippen molar-refractivity contribution in [3.05, 3.63) is 34.9 Å². The van der Waals surface area contributed by atoms with Gasteiger partial charge in [-0.1, -0.05) is 29.8 Å². The lowest BCUT2D eigenvalue weighted by atomic mass is 9.96. The SMILES string of the molecule is O=C(NCC1CCN(Cc2ccccc2Cl)CC1)C1CNCCO1. The number of likely N-dealkylation sites (tertiary alicyclic amines) is 1. The number of halogens is 1. The molecule has 2 fully saturated rings. The van der Waals surface area contributed by atoms with Gasteiger partial charge < -0.3 is 15.4 Å². The lowest BCUT2D eigenvalue weighted by Gasteiger charge is -2.32. The number of amides is 1. The number of carbonyl (C=O) groups excluding carboxylic acids is 1. The Bertz CT molecular complexity index is 541. The fourth-order valence-electron chi connectivity index (χ4n) is 3.31. The topological polar surface area (TPSA) is 53.6 Å². The summed E-state index contributed by atoms with van der Waals surface area (Å²) in [7, 11) is 0. The molecule has 0 bridgehead atoms. The molecule has 2 aliphatic rings. The van der Waals surface area contributed by atoms with Crippen LogP contribution in [0, 0.1) is 5.92 Å². The van der Waals surface area contributed by atoms with E-state index in [2.05, 4.69) is 21.6 Å². The van der Waals surface area contributed by atoms with Crippen molar-refractivity contribution in [2.75, 3.05) is 39.3 Å². The zero-order valence-electron chi connectivity index (χ0n) is 14.0. The minimum absolute atomic E-state index is 0.0145. The first-order valence-electron chi connectivity index (χ1n) is 8.78. The van der Waals surface area contributed by atoms with Crippen LogP contribution in [-0.2, 0) is 16.1 Å². The number of nitrogens with one attached hydrogen (secondary N) is 2. The molecule has 1 aromatic rings. The van der Waals surface area contributed by atoms with Crippen molar-refractivity contribution in [1.82, 2.24) is 15.5 Å². The molecule has 2 saturated heterocycles. The second-order valence-corrected chi connectivity index (χ2v) is 7.03. The van der Waals surface area contributed by atoms with Crippen LogP contribution in [0.5, 0.6) is 0 Å². The molecular formula is C18H26ClN3O2. The highest BCUT2D eigenvalue weighted by Crippen LogP contribution is 2.22. The van der Waals surface area contributed by atoms with Gasteiger partial charge in [-0.25, -0.2) is 0 Å². The Kier molecular flexibility index (Phi) is 6.49. The van der Waals surface area contributed by atoms with Gasteiger partial charge in [0.15, 0.2) is 0 Å². The van der Waals surface area contributed by atoms with Crippen LogP contribution in [0.4, 0.5) is 0 Å². The first kappa shape index (κ1) is 17.7. The third kappa shape index (κ3) is 4.93. The Balaban J connectivity index is 1.37. The maximum atomic E-state index is 12.1. The lowest BCUT2D eigenvalue weighted by Crippen LogP contribution is -2.49. The standard InChI is InChI=1S/C18H26ClN3O2/c19-16-4-2-1-3-15(16)13-22-8-5-14(6-9-22)11-21-18(23)17-12-20-7-10-24-17/h1-4,14,17,20H,5-13H2,(H,21,23). The van der Waals surface area contributed by atoms with Crippen LogP contribution in [0.2, 0.25) is 5.02 Å². The molecule has 24 heavy (non-hydrogen) atoms. The predicted molar refractivity (Wildman–Crippen MR) is 95.1 cm³/mol. The summed E-state index contributed by atoms with van der Waals surface area (Å²) in [6.45, 7) is 5.80. The minimum atomic E-state index is -0.334. The zero-order chi connectivity index (χ0) is 16.8. The highest BCUT2D eigenvalue weighted by atomic mass is 35.5. The highest BCUT2D eigenvalue weighted by Gasteiger charge is 2.24. The summed E-state index contributed by atoms with van der Waals surface area (Å²) >= 11 is 6.24. The van der Waals surface area contributed by atoms with E-state index in [-0.39, 0.29) is 12.0 Å². The number of morpholine rings is 1. The number of hydrogen-bond donors (Lipinski definition) is 2. The Morgan fingerprint density at radius 1 is 1.33 bits per heavy atom. The summed E-state index contributed by atoms with van der Waals surface area (Å²) in [5.74, 6) is 0.564. The number of hydrogen-bond acceptors (Lipinski definition) is 4. The Morgan fingerprint density at radius 3 is 2.83 bits per heavy atom. The van der Waals surface area contributed by atoms with Gasteiger partial charge in [0.25, 0.3) is 0 Å². The van der Waals surface area contributed by atoms with Gasteiger partial charge in [-0.15, -0.1) is 0 Å². The van der Waals surface area contributed by atoms with Crippen molar-refractivity contribution < 1.29 is 9.53 Å². The Morgan fingerprint density at radius 2 is 2.12 bits per heavy atom. The van der Waals surface area contributed by atoms with Crippen molar-refractivity contribution in [2.24, 2.45) is 5.92 Å². The van der Waals surface area contributed by atoms with Crippen LogP contribution >= 0.6 is 11.6 Å². The van der Waals surface area contributed by atoms with Crippen LogP contribution in [0.1, 0.15) is 18.4 Å². The second-order valence-electron chi connectivity index (χ2n) is 6.62. The molecule has 0 aliphatic carbocycles. The van der Waals surface area contributed by atoms with E-state index in [1.807, 2.05) is 18.2 Å². The molecule has 1 atom stereocenters. The number of nitrogens with zero attached hydrogens (tertiary/aromatic N) is 1. The van der Waals surface area contributed by atoms with Gasteiger partial charge in [-0.2, -0.15) is 0 Å². The molecule has 132 valence electrons. The van der Waals surface area contributed by atoms with E-state index in [0.29, 0.717) is 19.1 Å². The van der Waals surface area contributed by atoms with Crippen LogP contribution in [-0.4, -0.2) is 56.2 Å². The van der Waals surface area contributed by atoms with E-state index in [9.17, 15) is 4.79 Å². The van der Waals surface area contributed by atoms with Gasteiger partial charge in [-0.05, 0) is 43.5 Å². The van der Waals surface area contributed by atoms with Gasteiger partial charge in [0.1, 0.15) is 6.10 Å². The molecule has 3 rings (SSSR count). The fraction of sp³-hybridized carbons (Fsp3) is 0.611. The monoisotopic (exact) mass is 351 g/mol. The number of piperidine rings is 1. The minimum Gasteiger partial charge on any atom is -0.366 e. The summed E-state index contributed by atoms with van der Waals surface area (Å²) in [6.07, 6.45) is 1.88. The molecule has 1 unspecified atom stereocenters. The summed E-state index contributed by atoms with van der Waals surface area (Å²) in [6, 6.07) is 8.03. The van der Waals surface area contributed by atoms with Crippen molar-refractivity contribution in [3.8, 4) is 0 Å². The van der Waals surface area contributed by atoms with Crippen molar-refractivity contribution >= 4 is 17.5 Å². The third-order valence-corrected chi connectivity index (χ3v) is 5.21. The molecule has 0 saturated carbocycles. The van der Waals surface area contributed by atoms with Gasteiger partial charge in [0.2, 0.25) is 5.91 Å². The molecular weight excluding hydrogens is 326 g/mol. The molecule has 6 heteroatoms. The maximum Gasteiger partial charge on any atom is 0.250 e. The average Bonchev–Trinajstić information content (AvgIpc) is 2.63. The quantitative estimate of drug-likeness (QED) is 0.847. The van der Waals surface area contributed by atoms with E-state index < -0.39 is 0 Å². The third-order valence-electron chi connectivity index (χ3n) is 4.84. The lowest BCUT2D eigenvalue weighted by molar-refractivity contribution is -0.134. The summed E-state index contributed by atoms with van der Waals surface area (Å²) in [5.41, 5.74) is 1.19. The molecule has 0 aromatic heterocycles. The first-order chi connectivity index (χ1) is 11.7. The zero-order valence-corrected chi connectivity index (χ0v) is 14.7. The molecule has 0 radical (unpaired) electrons. The van der Waals surface area contributed by atoms with E-state index in [1.54, 1.807) is 0 Å². The van der Waals surface area contributed by atoms with Crippen LogP contribution in [0.25, 0.3) is 0 Å². The second kappa shape index (κ2) is 8.81. The number of rotatable bonds is 5.